The van der Waals surface area contributed by atoms with E-state index in [0.717, 1.165) is 0 Å². The second kappa shape index (κ2) is 8.64. The largest absolute Gasteiger partial charge is 0.534 e. The lowest BCUT2D eigenvalue weighted by Gasteiger charge is -2.30. The van der Waals surface area contributed by atoms with Crippen molar-refractivity contribution in [1.82, 2.24) is 10.1 Å². The van der Waals surface area contributed by atoms with Crippen LogP contribution in [0.5, 0.6) is 0 Å². The van der Waals surface area contributed by atoms with Crippen molar-refractivity contribution in [2.45, 2.75) is 64.4 Å². The predicted octanol–water partition coefficient (Wildman–Crippen LogP) is 1.32. The topological polar surface area (TPSA) is 137 Å². The Morgan fingerprint density at radius 3 is 2.00 bits per heavy atom. The minimum atomic E-state index is -1.20. The van der Waals surface area contributed by atoms with Gasteiger partial charge in [-0.15, -0.1) is 5.06 Å². The van der Waals surface area contributed by atoms with Crippen molar-refractivity contribution in [2.75, 3.05) is 0 Å². The van der Waals surface area contributed by atoms with Crippen LogP contribution in [0, 0.1) is 5.41 Å². The number of amides is 4. The third kappa shape index (κ3) is 4.66. The molecule has 1 aliphatic carbocycles. The number of rotatable bonds is 4. The minimum absolute atomic E-state index is 0.00557. The van der Waals surface area contributed by atoms with E-state index in [1.807, 2.05) is 0 Å². The highest BCUT2D eigenvalue weighted by molar-refractivity contribution is 6.02. The van der Waals surface area contributed by atoms with Crippen LogP contribution >= 0.6 is 0 Å². The van der Waals surface area contributed by atoms with Crippen molar-refractivity contribution in [2.24, 2.45) is 5.41 Å². The van der Waals surface area contributed by atoms with Crippen molar-refractivity contribution in [3.63, 3.8) is 0 Å². The molecule has 2 heterocycles. The molecule has 0 aromatic heterocycles. The first-order valence-electron chi connectivity index (χ1n) is 9.69. The fraction of sp³-hybridized carbons (Fsp3) is 0.579. The standard InChI is InChI=1S/C19H22N2O9/c1-19(17(26)29-20-13(22)5-6-14(20)23)10-3-2-4-12(9-11-19)28-18(27)30-21-15(24)7-8-16(21)25/h2,4,12H,3,5-11H2,1H3/b4-2+/t12-,19?/m0/s1. The van der Waals surface area contributed by atoms with Crippen molar-refractivity contribution in [1.29, 1.82) is 0 Å². The van der Waals surface area contributed by atoms with Crippen molar-refractivity contribution in [3.05, 3.63) is 12.2 Å². The normalized spacial score (nSPS) is 28.2. The summed E-state index contributed by atoms with van der Waals surface area (Å²) >= 11 is 0. The molecule has 2 saturated heterocycles. The summed E-state index contributed by atoms with van der Waals surface area (Å²) < 4.78 is 5.16. The summed E-state index contributed by atoms with van der Waals surface area (Å²) in [5.41, 5.74) is -1.01. The molecule has 11 heteroatoms. The van der Waals surface area contributed by atoms with Crippen LogP contribution in [0.4, 0.5) is 4.79 Å². The highest BCUT2D eigenvalue weighted by Gasteiger charge is 2.41. The maximum absolute atomic E-state index is 12.7. The molecule has 3 aliphatic rings. The molecule has 3 rings (SSSR count). The number of ether oxygens (including phenoxy) is 1. The average molecular weight is 422 g/mol. The van der Waals surface area contributed by atoms with Crippen LogP contribution in [-0.2, 0) is 38.4 Å². The zero-order valence-corrected chi connectivity index (χ0v) is 16.5. The highest BCUT2D eigenvalue weighted by Crippen LogP contribution is 2.35. The molecular formula is C19H22N2O9. The number of hydrogen-bond donors (Lipinski definition) is 0. The number of nitrogens with zero attached hydrogens (tertiary/aromatic N) is 2. The van der Waals surface area contributed by atoms with Gasteiger partial charge in [0.15, 0.2) is 0 Å². The molecule has 1 unspecified atom stereocenters. The van der Waals surface area contributed by atoms with Gasteiger partial charge in [0.2, 0.25) is 0 Å². The van der Waals surface area contributed by atoms with Gasteiger partial charge in [0.05, 0.1) is 5.41 Å². The Balaban J connectivity index is 1.57. The number of hydroxylamine groups is 4. The van der Waals surface area contributed by atoms with E-state index in [-0.39, 0.29) is 38.5 Å². The van der Waals surface area contributed by atoms with Crippen molar-refractivity contribution < 1.29 is 43.2 Å². The van der Waals surface area contributed by atoms with Gasteiger partial charge in [0, 0.05) is 25.7 Å². The van der Waals surface area contributed by atoms with Crippen LogP contribution in [0.15, 0.2) is 12.2 Å². The van der Waals surface area contributed by atoms with Gasteiger partial charge in [-0.05, 0) is 38.7 Å². The summed E-state index contributed by atoms with van der Waals surface area (Å²) in [6, 6.07) is 0. The molecule has 11 nitrogen and oxygen atoms in total. The van der Waals surface area contributed by atoms with Crippen LogP contribution in [0.1, 0.15) is 58.3 Å². The van der Waals surface area contributed by atoms with E-state index in [4.69, 9.17) is 9.57 Å². The summed E-state index contributed by atoms with van der Waals surface area (Å²) in [7, 11) is 0. The second-order valence-corrected chi connectivity index (χ2v) is 7.61. The average Bonchev–Trinajstić information content (AvgIpc) is 3.17. The van der Waals surface area contributed by atoms with Gasteiger partial charge in [-0.1, -0.05) is 11.1 Å². The van der Waals surface area contributed by atoms with Gasteiger partial charge in [0.1, 0.15) is 6.10 Å². The van der Waals surface area contributed by atoms with Crippen LogP contribution in [0.25, 0.3) is 0 Å². The molecule has 4 amide bonds. The molecule has 0 aromatic carbocycles. The Morgan fingerprint density at radius 2 is 1.43 bits per heavy atom. The summed E-state index contributed by atoms with van der Waals surface area (Å²) in [5.74, 6) is -3.07. The zero-order chi connectivity index (χ0) is 21.9. The van der Waals surface area contributed by atoms with Gasteiger partial charge >= 0.3 is 12.1 Å². The molecule has 2 atom stereocenters. The molecule has 0 N–H and O–H groups in total. The van der Waals surface area contributed by atoms with E-state index in [1.165, 1.54) is 0 Å². The molecule has 0 spiro atoms. The summed E-state index contributed by atoms with van der Waals surface area (Å²) in [6.07, 6.45) is 2.69. The summed E-state index contributed by atoms with van der Waals surface area (Å²) in [4.78, 5) is 80.8. The number of allylic oxidation sites excluding steroid dienone is 1. The van der Waals surface area contributed by atoms with E-state index in [9.17, 15) is 28.8 Å². The first kappa shape index (κ1) is 21.5. The fourth-order valence-corrected chi connectivity index (χ4v) is 3.36. The number of hydrogen-bond acceptors (Lipinski definition) is 9. The first-order chi connectivity index (χ1) is 14.2. The van der Waals surface area contributed by atoms with Crippen LogP contribution < -0.4 is 0 Å². The Kier molecular flexibility index (Phi) is 6.18. The smallest absolute Gasteiger partial charge is 0.425 e. The van der Waals surface area contributed by atoms with Gasteiger partial charge in [-0.2, -0.15) is 0 Å². The zero-order valence-electron chi connectivity index (χ0n) is 16.5. The molecule has 0 bridgehead atoms. The van der Waals surface area contributed by atoms with E-state index < -0.39 is 47.3 Å². The molecule has 0 radical (unpaired) electrons. The Hall–Kier alpha value is -3.24. The number of carbonyl (C=O) groups is 6. The summed E-state index contributed by atoms with van der Waals surface area (Å²) in [5, 5.41) is 0.901. The summed E-state index contributed by atoms with van der Waals surface area (Å²) in [6.45, 7) is 1.65. The van der Waals surface area contributed by atoms with Gasteiger partial charge < -0.3 is 9.57 Å². The van der Waals surface area contributed by atoms with Crippen molar-refractivity contribution >= 4 is 35.8 Å². The molecule has 0 aromatic rings. The number of imide groups is 2. The van der Waals surface area contributed by atoms with Crippen LogP contribution in [0.3, 0.4) is 0 Å². The molecule has 162 valence electrons. The van der Waals surface area contributed by atoms with Gasteiger partial charge in [-0.25, -0.2) is 9.59 Å². The van der Waals surface area contributed by atoms with E-state index in [1.54, 1.807) is 19.1 Å². The Labute approximate surface area is 171 Å². The third-order valence-corrected chi connectivity index (χ3v) is 5.29. The lowest BCUT2D eigenvalue weighted by atomic mass is 9.79. The predicted molar refractivity (Wildman–Crippen MR) is 95.3 cm³/mol. The van der Waals surface area contributed by atoms with Gasteiger partial charge in [0.25, 0.3) is 23.6 Å². The molecule has 2 fully saturated rings. The van der Waals surface area contributed by atoms with Crippen LogP contribution in [0.2, 0.25) is 0 Å². The van der Waals surface area contributed by atoms with E-state index >= 15 is 0 Å². The molecular weight excluding hydrogens is 400 g/mol. The van der Waals surface area contributed by atoms with E-state index in [0.29, 0.717) is 23.0 Å². The second-order valence-electron chi connectivity index (χ2n) is 7.61. The quantitative estimate of drug-likeness (QED) is 0.373. The Bertz CT molecular complexity index is 789. The Morgan fingerprint density at radius 1 is 0.900 bits per heavy atom. The van der Waals surface area contributed by atoms with E-state index in [2.05, 4.69) is 4.84 Å². The lowest BCUT2D eigenvalue weighted by Crippen LogP contribution is -2.40. The fourth-order valence-electron chi connectivity index (χ4n) is 3.36. The minimum Gasteiger partial charge on any atom is -0.425 e. The molecule has 2 aliphatic heterocycles. The molecule has 30 heavy (non-hydrogen) atoms. The first-order valence-corrected chi connectivity index (χ1v) is 9.69. The van der Waals surface area contributed by atoms with Crippen molar-refractivity contribution in [3.8, 4) is 0 Å². The molecule has 0 saturated carbocycles. The monoisotopic (exact) mass is 422 g/mol. The SMILES string of the molecule is CC1(C(=O)ON2C(=O)CCC2=O)CC/C=C/[C@H](OC(=O)ON2C(=O)CCC2=O)CC1. The number of carbonyl (C=O) groups excluding carboxylic acids is 6. The maximum Gasteiger partial charge on any atom is 0.534 e. The van der Waals surface area contributed by atoms with Gasteiger partial charge in [-0.3, -0.25) is 24.0 Å². The third-order valence-electron chi connectivity index (χ3n) is 5.29. The highest BCUT2D eigenvalue weighted by atomic mass is 16.8. The lowest BCUT2D eigenvalue weighted by molar-refractivity contribution is -0.205. The van der Waals surface area contributed by atoms with Crippen LogP contribution in [-0.4, -0.2) is 52.0 Å². The maximum atomic E-state index is 12.7.